The van der Waals surface area contributed by atoms with Gasteiger partial charge in [0, 0.05) is 8.22 Å². The van der Waals surface area contributed by atoms with Crippen LogP contribution in [0.1, 0.15) is 52.2 Å². The Balaban J connectivity index is 2.47. The second kappa shape index (κ2) is 9.94. The Morgan fingerprint density at radius 3 is 3.00 bits per heavy atom. The molecule has 136 valence electrons. The van der Waals surface area contributed by atoms with Crippen LogP contribution >= 0.6 is 0 Å². The molecule has 0 spiro atoms. The lowest BCUT2D eigenvalue weighted by molar-refractivity contribution is 0.0976. The largest absolute Gasteiger partial charge is 0.493 e. The number of hydrogen-bond donors (Lipinski definition) is 1. The Morgan fingerprint density at radius 1 is 1.32 bits per heavy atom. The quantitative estimate of drug-likeness (QED) is 0.691. The molecule has 0 aromatic heterocycles. The van der Waals surface area contributed by atoms with Crippen molar-refractivity contribution in [3.63, 3.8) is 0 Å². The van der Waals surface area contributed by atoms with Gasteiger partial charge in [-0.25, -0.2) is 0 Å². The van der Waals surface area contributed by atoms with Crippen LogP contribution in [0.3, 0.4) is 0 Å². The van der Waals surface area contributed by atoms with Crippen LogP contribution in [0.15, 0.2) is 42.4 Å². The Bertz CT molecular complexity index is 1260. The molecule has 2 rings (SSSR count). The van der Waals surface area contributed by atoms with Crippen LogP contribution in [0.25, 0.3) is 0 Å². The van der Waals surface area contributed by atoms with Gasteiger partial charge in [0.15, 0.2) is 11.5 Å². The smallest absolute Gasteiger partial charge is 0.160 e. The standard InChI is InChI=1S/C21H28O4/c1-16-7-6-10-19(13-16)25-15-18(22)9-5-4-8-17-11-12-20(23-2)21(14-17)24-3/h6-7,10-14,18,22H,4-5,8-9,15H2,1-3H3/i2D3,4D2,6D,7D,8D2,9D2,10D,13D,15D2,18D. The number of rotatable bonds is 10. The summed E-state index contributed by atoms with van der Waals surface area (Å²) in [6.07, 6.45) is -15.6. The topological polar surface area (TPSA) is 47.9 Å². The second-order valence-corrected chi connectivity index (χ2v) is 4.63. The SMILES string of the molecule is [2H]c1c([2H])c(C)c([2H])c(OC([2H])([2H])C([2H])(O)C([2H])([2H])CC([2H])([2H])C([2H])([2H])c2ccc(OC([2H])([2H])[2H])c(OC)c2)c1[2H]. The minimum atomic E-state index is -3.98. The van der Waals surface area contributed by atoms with E-state index in [1.807, 2.05) is 0 Å². The Labute approximate surface area is 172 Å². The van der Waals surface area contributed by atoms with Gasteiger partial charge < -0.3 is 19.3 Å². The summed E-state index contributed by atoms with van der Waals surface area (Å²) in [4.78, 5) is 0. The molecule has 1 atom stereocenters. The molecule has 4 heteroatoms. The van der Waals surface area contributed by atoms with Crippen molar-refractivity contribution in [1.82, 2.24) is 0 Å². The molecular weight excluding hydrogens is 316 g/mol. The zero-order valence-corrected chi connectivity index (χ0v) is 13.6. The lowest BCUT2D eigenvalue weighted by Crippen LogP contribution is -2.17. The molecule has 0 bridgehead atoms. The molecule has 2 aromatic carbocycles. The van der Waals surface area contributed by atoms with Crippen LogP contribution in [-0.4, -0.2) is 31.9 Å². The highest BCUT2D eigenvalue weighted by molar-refractivity contribution is 5.42. The molecule has 0 radical (unpaired) electrons. The minimum absolute atomic E-state index is 0.191. The molecule has 4 nitrogen and oxygen atoms in total. The second-order valence-electron chi connectivity index (χ2n) is 4.63. The normalized spacial score (nSPS) is 25.2. The van der Waals surface area contributed by atoms with E-state index in [1.54, 1.807) is 0 Å². The van der Waals surface area contributed by atoms with Gasteiger partial charge in [-0.3, -0.25) is 0 Å². The molecule has 0 fully saturated rings. The third kappa shape index (κ3) is 6.31. The number of ether oxygens (including phenoxy) is 3. The first-order valence-corrected chi connectivity index (χ1v) is 7.10. The van der Waals surface area contributed by atoms with Gasteiger partial charge in [0.25, 0.3) is 0 Å². The zero-order chi connectivity index (χ0) is 32.1. The lowest BCUT2D eigenvalue weighted by atomic mass is 10.0. The summed E-state index contributed by atoms with van der Waals surface area (Å²) in [7, 11) is -1.77. The van der Waals surface area contributed by atoms with Gasteiger partial charge in [0.05, 0.1) is 33.9 Å². The van der Waals surface area contributed by atoms with Gasteiger partial charge in [-0.2, -0.15) is 0 Å². The van der Waals surface area contributed by atoms with Gasteiger partial charge >= 0.3 is 0 Å². The molecule has 0 amide bonds. The summed E-state index contributed by atoms with van der Waals surface area (Å²) in [5, 5.41) is 10.7. The van der Waals surface area contributed by atoms with Crippen LogP contribution in [0.5, 0.6) is 17.2 Å². The molecule has 2 aromatic rings. The number of hydrogen-bond acceptors (Lipinski definition) is 4. The number of aryl methyl sites for hydroxylation is 1. The van der Waals surface area contributed by atoms with E-state index in [1.165, 1.54) is 6.92 Å². The van der Waals surface area contributed by atoms with E-state index in [0.29, 0.717) is 0 Å². The fraction of sp³-hybridized carbons (Fsp3) is 0.429. The molecule has 0 aliphatic heterocycles. The minimum Gasteiger partial charge on any atom is -0.493 e. The molecule has 1 N–H and O–H groups in total. The van der Waals surface area contributed by atoms with E-state index in [2.05, 4.69) is 0 Å². The van der Waals surface area contributed by atoms with E-state index in [9.17, 15) is 5.11 Å². The first-order valence-electron chi connectivity index (χ1n) is 15.1. The van der Waals surface area contributed by atoms with E-state index in [0.717, 1.165) is 25.3 Å². The van der Waals surface area contributed by atoms with Crippen molar-refractivity contribution in [3.05, 3.63) is 53.5 Å². The van der Waals surface area contributed by atoms with Crippen molar-refractivity contribution in [2.24, 2.45) is 0 Å². The van der Waals surface area contributed by atoms with Gasteiger partial charge in [-0.15, -0.1) is 0 Å². The maximum Gasteiger partial charge on any atom is 0.160 e. The van der Waals surface area contributed by atoms with Crippen LogP contribution < -0.4 is 14.2 Å². The number of aliphatic hydroxyl groups is 1. The predicted molar refractivity (Wildman–Crippen MR) is 99.8 cm³/mol. The highest BCUT2D eigenvalue weighted by Gasteiger charge is 2.07. The molecule has 0 aliphatic rings. The maximum absolute atomic E-state index is 10.7. The molecule has 0 heterocycles. The lowest BCUT2D eigenvalue weighted by Gasteiger charge is -2.13. The van der Waals surface area contributed by atoms with E-state index in [4.69, 9.17) is 36.1 Å². The van der Waals surface area contributed by atoms with Gasteiger partial charge in [0.2, 0.25) is 0 Å². The Kier molecular flexibility index (Phi) is 2.72. The van der Waals surface area contributed by atoms with Crippen LogP contribution in [0, 0.1) is 6.92 Å². The molecule has 0 saturated heterocycles. The van der Waals surface area contributed by atoms with E-state index < -0.39 is 80.7 Å². The summed E-state index contributed by atoms with van der Waals surface area (Å²) in [6.45, 7) is -2.57. The maximum atomic E-state index is 10.7. The number of benzene rings is 2. The highest BCUT2D eigenvalue weighted by atomic mass is 16.5. The first-order chi connectivity index (χ1) is 18.2. The fourth-order valence-corrected chi connectivity index (χ4v) is 1.70. The van der Waals surface area contributed by atoms with Crippen LogP contribution in [0.4, 0.5) is 0 Å². The van der Waals surface area contributed by atoms with Crippen molar-refractivity contribution in [1.29, 1.82) is 0 Å². The fourth-order valence-electron chi connectivity index (χ4n) is 1.70. The van der Waals surface area contributed by atoms with Crippen LogP contribution in [-0.2, 0) is 6.37 Å². The average Bonchev–Trinajstić information content (AvgIpc) is 2.82. The third-order valence-corrected chi connectivity index (χ3v) is 2.83. The predicted octanol–water partition coefficient (Wildman–Crippen LogP) is 4.16. The van der Waals surface area contributed by atoms with Crippen molar-refractivity contribution in [2.75, 3.05) is 20.7 Å². The van der Waals surface area contributed by atoms with Gasteiger partial charge in [0.1, 0.15) is 12.3 Å². The summed E-state index contributed by atoms with van der Waals surface area (Å²) < 4.78 is 142. The summed E-state index contributed by atoms with van der Waals surface area (Å²) in [5.74, 6) is -1.57. The van der Waals surface area contributed by atoms with Crippen molar-refractivity contribution < 1.29 is 41.2 Å². The van der Waals surface area contributed by atoms with E-state index >= 15 is 0 Å². The molecule has 0 saturated carbocycles. The van der Waals surface area contributed by atoms with Crippen molar-refractivity contribution in [3.8, 4) is 17.2 Å². The highest BCUT2D eigenvalue weighted by Crippen LogP contribution is 2.28. The Morgan fingerprint density at radius 2 is 2.20 bits per heavy atom. The van der Waals surface area contributed by atoms with Crippen molar-refractivity contribution >= 4 is 0 Å². The molecular formula is C21H28O4. The Hall–Kier alpha value is -2.20. The van der Waals surface area contributed by atoms with Gasteiger partial charge in [-0.05, 0) is 61.4 Å². The summed E-state index contributed by atoms with van der Waals surface area (Å²) >= 11 is 0. The average molecular weight is 361 g/mol. The van der Waals surface area contributed by atoms with Crippen molar-refractivity contribution in [2.45, 2.75) is 38.5 Å². The molecule has 25 heavy (non-hydrogen) atoms. The van der Waals surface area contributed by atoms with Gasteiger partial charge in [-0.1, -0.05) is 24.6 Å². The van der Waals surface area contributed by atoms with Crippen LogP contribution in [0.2, 0.25) is 0 Å². The molecule has 0 aliphatic carbocycles. The van der Waals surface area contributed by atoms with E-state index in [-0.39, 0.29) is 17.1 Å². The number of methoxy groups -OCH3 is 2. The first kappa shape index (κ1) is 6.84. The third-order valence-electron chi connectivity index (χ3n) is 2.83. The molecule has 1 unspecified atom stereocenters. The summed E-state index contributed by atoms with van der Waals surface area (Å²) in [5.41, 5.74) is -0.656. The summed E-state index contributed by atoms with van der Waals surface area (Å²) in [6, 6.07) is -0.0379. The zero-order valence-electron chi connectivity index (χ0n) is 29.6. The monoisotopic (exact) mass is 360 g/mol.